The van der Waals surface area contributed by atoms with E-state index in [0.717, 1.165) is 23.9 Å². The minimum Gasteiger partial charge on any atom is -0.396 e. The van der Waals surface area contributed by atoms with E-state index in [2.05, 4.69) is 15.9 Å². The molecule has 1 aliphatic heterocycles. The highest BCUT2D eigenvalue weighted by atomic mass is 79.9. The quantitative estimate of drug-likeness (QED) is 0.930. The molecule has 17 heavy (non-hydrogen) atoms. The van der Waals surface area contributed by atoms with Crippen molar-refractivity contribution in [3.05, 3.63) is 34.1 Å². The molecule has 0 bridgehead atoms. The summed E-state index contributed by atoms with van der Waals surface area (Å²) in [5, 5.41) is 9.54. The van der Waals surface area contributed by atoms with E-state index in [4.69, 9.17) is 4.74 Å². The number of rotatable bonds is 3. The summed E-state index contributed by atoms with van der Waals surface area (Å²) in [7, 11) is 0. The van der Waals surface area contributed by atoms with Crippen molar-refractivity contribution in [1.29, 1.82) is 0 Å². The Morgan fingerprint density at radius 1 is 1.47 bits per heavy atom. The van der Waals surface area contributed by atoms with E-state index < -0.39 is 0 Å². The summed E-state index contributed by atoms with van der Waals surface area (Å²) in [5.41, 5.74) is 0.333. The maximum absolute atomic E-state index is 13.8. The van der Waals surface area contributed by atoms with Crippen LogP contribution in [0.3, 0.4) is 0 Å². The van der Waals surface area contributed by atoms with Crippen LogP contribution < -0.4 is 0 Å². The topological polar surface area (TPSA) is 29.5 Å². The van der Waals surface area contributed by atoms with Crippen molar-refractivity contribution in [3.8, 4) is 0 Å². The number of halogens is 2. The maximum atomic E-state index is 13.8. The van der Waals surface area contributed by atoms with Gasteiger partial charge in [0.1, 0.15) is 5.82 Å². The van der Waals surface area contributed by atoms with E-state index in [9.17, 15) is 9.50 Å². The first kappa shape index (κ1) is 13.0. The van der Waals surface area contributed by atoms with Gasteiger partial charge in [-0.15, -0.1) is 0 Å². The van der Waals surface area contributed by atoms with Crippen molar-refractivity contribution in [2.24, 2.45) is 5.41 Å². The SMILES string of the molecule is OCC1(Cc2ccc(Br)cc2F)CCCOC1. The molecule has 0 amide bonds. The number of hydrogen-bond acceptors (Lipinski definition) is 2. The summed E-state index contributed by atoms with van der Waals surface area (Å²) >= 11 is 3.24. The highest BCUT2D eigenvalue weighted by molar-refractivity contribution is 9.10. The van der Waals surface area contributed by atoms with Crippen molar-refractivity contribution >= 4 is 15.9 Å². The molecule has 1 aromatic rings. The lowest BCUT2D eigenvalue weighted by atomic mass is 9.78. The van der Waals surface area contributed by atoms with Crippen LogP contribution >= 0.6 is 15.9 Å². The van der Waals surface area contributed by atoms with Crippen LogP contribution in [0.5, 0.6) is 0 Å². The van der Waals surface area contributed by atoms with Crippen LogP contribution in [0.1, 0.15) is 18.4 Å². The molecule has 2 nitrogen and oxygen atoms in total. The summed E-state index contributed by atoms with van der Waals surface area (Å²) < 4.78 is 19.9. The third-order valence-corrected chi connectivity index (χ3v) is 3.81. The summed E-state index contributed by atoms with van der Waals surface area (Å²) in [5.74, 6) is -0.224. The molecule has 2 rings (SSSR count). The molecule has 1 aromatic carbocycles. The Labute approximate surface area is 109 Å². The van der Waals surface area contributed by atoms with E-state index in [1.54, 1.807) is 6.07 Å². The Balaban J connectivity index is 2.17. The van der Waals surface area contributed by atoms with Crippen molar-refractivity contribution in [1.82, 2.24) is 0 Å². The normalized spacial score (nSPS) is 24.9. The van der Waals surface area contributed by atoms with Gasteiger partial charge in [-0.3, -0.25) is 0 Å². The van der Waals surface area contributed by atoms with Gasteiger partial charge in [-0.1, -0.05) is 22.0 Å². The summed E-state index contributed by atoms with van der Waals surface area (Å²) in [6.07, 6.45) is 2.35. The van der Waals surface area contributed by atoms with E-state index in [1.165, 1.54) is 6.07 Å². The molecule has 1 N–H and O–H groups in total. The molecule has 1 aliphatic rings. The van der Waals surface area contributed by atoms with Gasteiger partial charge in [0.05, 0.1) is 13.2 Å². The van der Waals surface area contributed by atoms with E-state index in [0.29, 0.717) is 18.6 Å². The zero-order chi connectivity index (χ0) is 12.3. The molecule has 1 saturated heterocycles. The van der Waals surface area contributed by atoms with Crippen LogP contribution in [0.4, 0.5) is 4.39 Å². The second kappa shape index (κ2) is 5.46. The lowest BCUT2D eigenvalue weighted by molar-refractivity contribution is -0.0382. The van der Waals surface area contributed by atoms with Gasteiger partial charge in [0.25, 0.3) is 0 Å². The first-order chi connectivity index (χ1) is 8.15. The first-order valence-electron chi connectivity index (χ1n) is 5.78. The van der Waals surface area contributed by atoms with E-state index >= 15 is 0 Å². The second-order valence-corrected chi connectivity index (χ2v) is 5.64. The van der Waals surface area contributed by atoms with Crippen molar-refractivity contribution < 1.29 is 14.2 Å². The monoisotopic (exact) mass is 302 g/mol. The zero-order valence-electron chi connectivity index (χ0n) is 9.59. The third-order valence-electron chi connectivity index (χ3n) is 3.32. The number of aliphatic hydroxyl groups excluding tert-OH is 1. The number of benzene rings is 1. The molecule has 4 heteroatoms. The second-order valence-electron chi connectivity index (χ2n) is 4.73. The van der Waals surface area contributed by atoms with Crippen LogP contribution in [0.15, 0.2) is 22.7 Å². The Hall–Kier alpha value is -0.450. The molecular formula is C13H16BrFO2. The van der Waals surface area contributed by atoms with E-state index in [-0.39, 0.29) is 17.8 Å². The number of ether oxygens (including phenoxy) is 1. The van der Waals surface area contributed by atoms with Gasteiger partial charge in [0.15, 0.2) is 0 Å². The van der Waals surface area contributed by atoms with E-state index in [1.807, 2.05) is 6.07 Å². The molecule has 1 atom stereocenters. The van der Waals surface area contributed by atoms with Gasteiger partial charge >= 0.3 is 0 Å². The summed E-state index contributed by atoms with van der Waals surface area (Å²) in [6.45, 7) is 1.30. The lowest BCUT2D eigenvalue weighted by Crippen LogP contribution is -2.37. The van der Waals surface area contributed by atoms with Crippen molar-refractivity contribution in [2.45, 2.75) is 19.3 Å². The fraction of sp³-hybridized carbons (Fsp3) is 0.538. The maximum Gasteiger partial charge on any atom is 0.127 e. The predicted molar refractivity (Wildman–Crippen MR) is 67.4 cm³/mol. The molecule has 0 aliphatic carbocycles. The summed E-state index contributed by atoms with van der Waals surface area (Å²) in [6, 6.07) is 5.06. The average Bonchev–Trinajstić information content (AvgIpc) is 2.34. The number of aliphatic hydroxyl groups is 1. The molecule has 0 spiro atoms. The largest absolute Gasteiger partial charge is 0.396 e. The Morgan fingerprint density at radius 3 is 2.88 bits per heavy atom. The molecule has 0 saturated carbocycles. The van der Waals surface area contributed by atoms with Gasteiger partial charge in [-0.25, -0.2) is 4.39 Å². The minimum absolute atomic E-state index is 0.0442. The van der Waals surface area contributed by atoms with Crippen molar-refractivity contribution in [3.63, 3.8) is 0 Å². The fourth-order valence-corrected chi connectivity index (χ4v) is 2.63. The molecule has 1 heterocycles. The predicted octanol–water partition coefficient (Wildman–Crippen LogP) is 2.92. The Morgan fingerprint density at radius 2 is 2.29 bits per heavy atom. The number of hydrogen-bond donors (Lipinski definition) is 1. The highest BCUT2D eigenvalue weighted by Crippen LogP contribution is 2.33. The van der Waals surface area contributed by atoms with Gasteiger partial charge in [-0.05, 0) is 37.0 Å². The molecule has 94 valence electrons. The van der Waals surface area contributed by atoms with Crippen LogP contribution in [0, 0.1) is 11.2 Å². The third kappa shape index (κ3) is 3.06. The van der Waals surface area contributed by atoms with Crippen LogP contribution in [-0.2, 0) is 11.2 Å². The summed E-state index contributed by atoms with van der Waals surface area (Å²) in [4.78, 5) is 0. The Kier molecular flexibility index (Phi) is 4.17. The lowest BCUT2D eigenvalue weighted by Gasteiger charge is -2.35. The molecule has 0 aromatic heterocycles. The smallest absolute Gasteiger partial charge is 0.127 e. The van der Waals surface area contributed by atoms with Gasteiger partial charge in [0.2, 0.25) is 0 Å². The van der Waals surface area contributed by atoms with Crippen LogP contribution in [-0.4, -0.2) is 24.9 Å². The van der Waals surface area contributed by atoms with Gasteiger partial charge in [0, 0.05) is 16.5 Å². The molecular weight excluding hydrogens is 287 g/mol. The minimum atomic E-state index is -0.313. The van der Waals surface area contributed by atoms with Crippen LogP contribution in [0.2, 0.25) is 0 Å². The average molecular weight is 303 g/mol. The highest BCUT2D eigenvalue weighted by Gasteiger charge is 2.33. The molecule has 1 fully saturated rings. The molecule has 1 unspecified atom stereocenters. The molecule has 0 radical (unpaired) electrons. The zero-order valence-corrected chi connectivity index (χ0v) is 11.2. The van der Waals surface area contributed by atoms with Crippen molar-refractivity contribution in [2.75, 3.05) is 19.8 Å². The van der Waals surface area contributed by atoms with Crippen LogP contribution in [0.25, 0.3) is 0 Å². The fourth-order valence-electron chi connectivity index (χ4n) is 2.30. The van der Waals surface area contributed by atoms with Gasteiger partial charge < -0.3 is 9.84 Å². The first-order valence-corrected chi connectivity index (χ1v) is 6.57. The Bertz CT molecular complexity index is 389. The van der Waals surface area contributed by atoms with Gasteiger partial charge in [-0.2, -0.15) is 0 Å². The standard InChI is InChI=1S/C13H16BrFO2/c14-11-3-2-10(12(15)6-11)7-13(8-16)4-1-5-17-9-13/h2-3,6,16H,1,4-5,7-9H2.